The molecular weight excluding hydrogens is 354 g/mol. The van der Waals surface area contributed by atoms with Gasteiger partial charge in [0.2, 0.25) is 0 Å². The zero-order valence-electron chi connectivity index (χ0n) is 15.0. The van der Waals surface area contributed by atoms with Crippen LogP contribution in [-0.4, -0.2) is 41.1 Å². The molecule has 2 rings (SSSR count). The molecule has 3 N–H and O–H groups in total. The number of sulfonamides is 1. The second-order valence-electron chi connectivity index (χ2n) is 5.81. The van der Waals surface area contributed by atoms with Gasteiger partial charge in [0.25, 0.3) is 15.9 Å². The lowest BCUT2D eigenvalue weighted by atomic mass is 10.2. The van der Waals surface area contributed by atoms with Crippen LogP contribution in [0.4, 0.5) is 5.69 Å². The Hall–Kier alpha value is -2.58. The van der Waals surface area contributed by atoms with Crippen LogP contribution in [0.15, 0.2) is 53.4 Å². The van der Waals surface area contributed by atoms with E-state index in [2.05, 4.69) is 5.32 Å². The van der Waals surface area contributed by atoms with Crippen LogP contribution in [0.3, 0.4) is 0 Å². The number of nitrogens with two attached hydrogens (primary N) is 1. The van der Waals surface area contributed by atoms with E-state index in [4.69, 9.17) is 10.5 Å². The number of carbonyl (C=O) groups excluding carboxylic acids is 1. The fraction of sp³-hybridized carbons (Fsp3) is 0.278. The Kier molecular flexibility index (Phi) is 6.23. The first-order valence-corrected chi connectivity index (χ1v) is 9.47. The summed E-state index contributed by atoms with van der Waals surface area (Å²) in [6, 6.07) is 12.4. The molecule has 0 aliphatic carbocycles. The molecule has 0 spiro atoms. The minimum absolute atomic E-state index is 0.0314. The number of anilines is 1. The second-order valence-corrected chi connectivity index (χ2v) is 7.78. The average molecular weight is 377 g/mol. The Morgan fingerprint density at radius 1 is 1.23 bits per heavy atom. The molecule has 0 aromatic heterocycles. The van der Waals surface area contributed by atoms with Crippen molar-refractivity contribution in [2.75, 3.05) is 25.0 Å². The summed E-state index contributed by atoms with van der Waals surface area (Å²) in [6.07, 6.45) is 0. The van der Waals surface area contributed by atoms with E-state index >= 15 is 0 Å². The highest BCUT2D eigenvalue weighted by Crippen LogP contribution is 2.24. The van der Waals surface area contributed by atoms with Crippen molar-refractivity contribution in [2.24, 2.45) is 5.73 Å². The molecule has 1 atom stereocenters. The van der Waals surface area contributed by atoms with Gasteiger partial charge in [-0.25, -0.2) is 8.42 Å². The standard InChI is InChI=1S/C18H23N3O4S/c1-13(12-19)20-18(22)14-5-4-6-17(11-14)26(23,24)21(2)15-7-9-16(25-3)10-8-15/h4-11,13H,12,19H2,1-3H3,(H,20,22)/t13-/m0/s1. The predicted molar refractivity (Wildman–Crippen MR) is 101 cm³/mol. The van der Waals surface area contributed by atoms with Crippen LogP contribution >= 0.6 is 0 Å². The lowest BCUT2D eigenvalue weighted by Crippen LogP contribution is -2.37. The van der Waals surface area contributed by atoms with E-state index in [0.29, 0.717) is 18.0 Å². The van der Waals surface area contributed by atoms with Gasteiger partial charge in [-0.2, -0.15) is 0 Å². The smallest absolute Gasteiger partial charge is 0.264 e. The summed E-state index contributed by atoms with van der Waals surface area (Å²) in [7, 11) is -0.816. The summed E-state index contributed by atoms with van der Waals surface area (Å²) in [4.78, 5) is 12.2. The highest BCUT2D eigenvalue weighted by atomic mass is 32.2. The summed E-state index contributed by atoms with van der Waals surface area (Å²) >= 11 is 0. The second kappa shape index (κ2) is 8.20. The quantitative estimate of drug-likeness (QED) is 0.763. The summed E-state index contributed by atoms with van der Waals surface area (Å²) in [5.74, 6) is 0.263. The summed E-state index contributed by atoms with van der Waals surface area (Å²) in [6.45, 7) is 2.07. The van der Waals surface area contributed by atoms with E-state index in [1.165, 1.54) is 32.4 Å². The first-order valence-electron chi connectivity index (χ1n) is 8.03. The summed E-state index contributed by atoms with van der Waals surface area (Å²) in [5.41, 5.74) is 6.24. The van der Waals surface area contributed by atoms with Crippen LogP contribution < -0.4 is 20.1 Å². The van der Waals surface area contributed by atoms with Gasteiger partial charge in [0.05, 0.1) is 17.7 Å². The van der Waals surface area contributed by atoms with Gasteiger partial charge in [0.15, 0.2) is 0 Å². The zero-order valence-corrected chi connectivity index (χ0v) is 15.8. The number of ether oxygens (including phenoxy) is 1. The molecule has 1 amide bonds. The molecule has 140 valence electrons. The normalized spacial score (nSPS) is 12.3. The monoisotopic (exact) mass is 377 g/mol. The summed E-state index contributed by atoms with van der Waals surface area (Å²) in [5, 5.41) is 2.71. The van der Waals surface area contributed by atoms with E-state index in [1.807, 2.05) is 0 Å². The molecule has 0 saturated carbocycles. The van der Waals surface area contributed by atoms with Crippen LogP contribution in [0.25, 0.3) is 0 Å². The lowest BCUT2D eigenvalue weighted by molar-refractivity contribution is 0.0941. The van der Waals surface area contributed by atoms with Gasteiger partial charge in [-0.3, -0.25) is 9.10 Å². The number of carbonyl (C=O) groups is 1. The van der Waals surface area contributed by atoms with E-state index in [-0.39, 0.29) is 22.4 Å². The molecule has 0 aliphatic rings. The number of rotatable bonds is 7. The first-order chi connectivity index (χ1) is 12.3. The van der Waals surface area contributed by atoms with Crippen LogP contribution in [0.1, 0.15) is 17.3 Å². The van der Waals surface area contributed by atoms with Gasteiger partial charge in [-0.05, 0) is 49.4 Å². The number of amides is 1. The van der Waals surface area contributed by atoms with E-state index in [9.17, 15) is 13.2 Å². The Balaban J connectivity index is 2.30. The molecule has 0 saturated heterocycles. The topological polar surface area (TPSA) is 102 Å². The van der Waals surface area contributed by atoms with Crippen molar-refractivity contribution < 1.29 is 17.9 Å². The number of benzene rings is 2. The van der Waals surface area contributed by atoms with Crippen LogP contribution in [0.5, 0.6) is 5.75 Å². The van der Waals surface area contributed by atoms with E-state index < -0.39 is 10.0 Å². The first kappa shape index (κ1) is 19.7. The maximum Gasteiger partial charge on any atom is 0.264 e. The molecule has 7 nitrogen and oxygen atoms in total. The van der Waals surface area contributed by atoms with Gasteiger partial charge in [-0.15, -0.1) is 0 Å². The Morgan fingerprint density at radius 2 is 1.88 bits per heavy atom. The number of nitrogens with zero attached hydrogens (tertiary/aromatic N) is 1. The van der Waals surface area contributed by atoms with E-state index in [1.54, 1.807) is 37.3 Å². The molecule has 8 heteroatoms. The van der Waals surface area contributed by atoms with Gasteiger partial charge in [0.1, 0.15) is 5.75 Å². The Bertz CT molecular complexity index is 866. The minimum Gasteiger partial charge on any atom is -0.497 e. The molecule has 0 aliphatic heterocycles. The van der Waals surface area contributed by atoms with Crippen molar-refractivity contribution in [3.8, 4) is 5.75 Å². The highest BCUT2D eigenvalue weighted by molar-refractivity contribution is 7.92. The largest absolute Gasteiger partial charge is 0.497 e. The van der Waals surface area contributed by atoms with Crippen molar-refractivity contribution >= 4 is 21.6 Å². The highest BCUT2D eigenvalue weighted by Gasteiger charge is 2.22. The maximum absolute atomic E-state index is 12.9. The number of hydrogen-bond acceptors (Lipinski definition) is 5. The number of methoxy groups -OCH3 is 1. The number of hydrogen-bond donors (Lipinski definition) is 2. The summed E-state index contributed by atoms with van der Waals surface area (Å²) < 4.78 is 32.0. The Morgan fingerprint density at radius 3 is 2.46 bits per heavy atom. The van der Waals surface area contributed by atoms with E-state index in [0.717, 1.165) is 4.31 Å². The van der Waals surface area contributed by atoms with Gasteiger partial charge >= 0.3 is 0 Å². The van der Waals surface area contributed by atoms with Crippen molar-refractivity contribution in [2.45, 2.75) is 17.9 Å². The molecule has 0 radical (unpaired) electrons. The molecule has 26 heavy (non-hydrogen) atoms. The molecule has 0 fully saturated rings. The molecule has 0 bridgehead atoms. The van der Waals surface area contributed by atoms with Gasteiger partial charge in [0, 0.05) is 25.2 Å². The zero-order chi connectivity index (χ0) is 19.3. The molecule has 0 heterocycles. The molecular formula is C18H23N3O4S. The van der Waals surface area contributed by atoms with Crippen molar-refractivity contribution in [3.05, 3.63) is 54.1 Å². The Labute approximate surface area is 153 Å². The maximum atomic E-state index is 12.9. The van der Waals surface area contributed by atoms with Gasteiger partial charge < -0.3 is 15.8 Å². The molecule has 2 aromatic rings. The van der Waals surface area contributed by atoms with Gasteiger partial charge in [-0.1, -0.05) is 6.07 Å². The third-order valence-electron chi connectivity index (χ3n) is 3.92. The minimum atomic E-state index is -3.81. The fourth-order valence-corrected chi connectivity index (χ4v) is 3.49. The van der Waals surface area contributed by atoms with Crippen molar-refractivity contribution in [1.29, 1.82) is 0 Å². The lowest BCUT2D eigenvalue weighted by Gasteiger charge is -2.20. The third-order valence-corrected chi connectivity index (χ3v) is 5.70. The van der Waals surface area contributed by atoms with Crippen molar-refractivity contribution in [3.63, 3.8) is 0 Å². The van der Waals surface area contributed by atoms with Crippen LogP contribution in [0, 0.1) is 0 Å². The fourth-order valence-electron chi connectivity index (χ4n) is 2.25. The number of nitrogens with one attached hydrogen (secondary N) is 1. The molecule has 0 unspecified atom stereocenters. The van der Waals surface area contributed by atoms with Crippen molar-refractivity contribution in [1.82, 2.24) is 5.32 Å². The third kappa shape index (κ3) is 4.33. The van der Waals surface area contributed by atoms with Crippen LogP contribution in [0.2, 0.25) is 0 Å². The average Bonchev–Trinajstić information content (AvgIpc) is 2.67. The molecule has 2 aromatic carbocycles. The SMILES string of the molecule is COc1ccc(N(C)S(=O)(=O)c2cccc(C(=O)N[C@@H](C)CN)c2)cc1. The predicted octanol–water partition coefficient (Wildman–Crippen LogP) is 1.60. The van der Waals surface area contributed by atoms with Crippen LogP contribution in [-0.2, 0) is 10.0 Å².